The molecule has 7 nitrogen and oxygen atoms in total. The van der Waals surface area contributed by atoms with E-state index in [1.807, 2.05) is 12.1 Å². The van der Waals surface area contributed by atoms with Crippen LogP contribution in [-0.2, 0) is 4.79 Å². The van der Waals surface area contributed by atoms with Crippen molar-refractivity contribution in [1.82, 2.24) is 20.5 Å². The summed E-state index contributed by atoms with van der Waals surface area (Å²) in [6.45, 7) is -0.151. The molecule has 1 heterocycles. The van der Waals surface area contributed by atoms with E-state index < -0.39 is 0 Å². The fourth-order valence-electron chi connectivity index (χ4n) is 2.78. The minimum absolute atomic E-state index is 0.151. The van der Waals surface area contributed by atoms with Crippen molar-refractivity contribution in [3.63, 3.8) is 0 Å². The molecule has 1 aromatic heterocycles. The number of carbonyl (C=O) groups is 2. The first-order chi connectivity index (χ1) is 13.6. The van der Waals surface area contributed by atoms with Crippen LogP contribution in [0.5, 0.6) is 0 Å². The van der Waals surface area contributed by atoms with Crippen LogP contribution < -0.4 is 10.6 Å². The Morgan fingerprint density at radius 3 is 2.75 bits per heavy atom. The first kappa shape index (κ1) is 18.2. The van der Waals surface area contributed by atoms with E-state index in [2.05, 4.69) is 25.8 Å². The minimum Gasteiger partial charge on any atom is -0.343 e. The Morgan fingerprint density at radius 2 is 1.96 bits per heavy atom. The van der Waals surface area contributed by atoms with Crippen molar-refractivity contribution in [2.24, 2.45) is 0 Å². The summed E-state index contributed by atoms with van der Waals surface area (Å²) in [6.07, 6.45) is 2.29. The van der Waals surface area contributed by atoms with Gasteiger partial charge in [0.2, 0.25) is 5.91 Å². The van der Waals surface area contributed by atoms with E-state index >= 15 is 0 Å². The Labute approximate surface area is 166 Å². The number of aromatic amines is 1. The van der Waals surface area contributed by atoms with E-state index in [9.17, 15) is 9.59 Å². The van der Waals surface area contributed by atoms with Crippen LogP contribution in [0.1, 0.15) is 34.9 Å². The molecule has 0 radical (unpaired) electrons. The maximum absolute atomic E-state index is 12.2. The number of anilines is 1. The fraction of sp³-hybridized carbons (Fsp3) is 0.200. The third kappa shape index (κ3) is 4.37. The third-order valence-corrected chi connectivity index (χ3v) is 4.60. The van der Waals surface area contributed by atoms with E-state index in [1.165, 1.54) is 0 Å². The second kappa shape index (κ2) is 7.82. The molecule has 0 unspecified atom stereocenters. The zero-order valence-corrected chi connectivity index (χ0v) is 15.7. The summed E-state index contributed by atoms with van der Waals surface area (Å²) in [5, 5.41) is 13.0. The lowest BCUT2D eigenvalue weighted by Gasteiger charge is -2.08. The summed E-state index contributed by atoms with van der Waals surface area (Å²) in [6, 6.07) is 13.8. The zero-order valence-electron chi connectivity index (χ0n) is 14.9. The van der Waals surface area contributed by atoms with Crippen LogP contribution in [0.4, 0.5) is 5.69 Å². The smallest absolute Gasteiger partial charge is 0.251 e. The molecule has 0 saturated heterocycles. The van der Waals surface area contributed by atoms with Gasteiger partial charge in [0, 0.05) is 27.8 Å². The van der Waals surface area contributed by atoms with Crippen molar-refractivity contribution in [1.29, 1.82) is 0 Å². The summed E-state index contributed by atoms with van der Waals surface area (Å²) < 4.78 is 0. The van der Waals surface area contributed by atoms with Crippen LogP contribution in [0, 0.1) is 0 Å². The molecular weight excluding hydrogens is 378 g/mol. The molecule has 0 atom stereocenters. The number of amides is 2. The Bertz CT molecular complexity index is 1030. The average molecular weight is 396 g/mol. The van der Waals surface area contributed by atoms with Crippen molar-refractivity contribution in [2.75, 3.05) is 11.9 Å². The normalized spacial score (nSPS) is 13.2. The van der Waals surface area contributed by atoms with Gasteiger partial charge < -0.3 is 10.6 Å². The molecule has 3 N–H and O–H groups in total. The molecule has 1 fully saturated rings. The van der Waals surface area contributed by atoms with E-state index in [0.29, 0.717) is 28.0 Å². The maximum Gasteiger partial charge on any atom is 0.251 e. The van der Waals surface area contributed by atoms with Gasteiger partial charge in [-0.05, 0) is 43.2 Å². The van der Waals surface area contributed by atoms with Gasteiger partial charge in [0.25, 0.3) is 5.91 Å². The predicted molar refractivity (Wildman–Crippen MR) is 106 cm³/mol. The number of halogens is 1. The summed E-state index contributed by atoms with van der Waals surface area (Å²) in [4.78, 5) is 28.8. The highest BCUT2D eigenvalue weighted by Gasteiger charge is 2.27. The quantitative estimate of drug-likeness (QED) is 0.595. The van der Waals surface area contributed by atoms with Crippen LogP contribution >= 0.6 is 11.6 Å². The number of carbonyl (C=O) groups excluding carboxylic acids is 2. The average Bonchev–Trinajstić information content (AvgIpc) is 3.43. The number of H-pyrrole nitrogens is 1. The number of nitrogens with zero attached hydrogens (tertiary/aromatic N) is 2. The minimum atomic E-state index is -0.361. The Kier molecular flexibility index (Phi) is 5.08. The predicted octanol–water partition coefficient (Wildman–Crippen LogP) is 3.37. The van der Waals surface area contributed by atoms with Crippen LogP contribution in [-0.4, -0.2) is 33.5 Å². The molecule has 0 aliphatic heterocycles. The van der Waals surface area contributed by atoms with Gasteiger partial charge in [-0.3, -0.25) is 14.7 Å². The summed E-state index contributed by atoms with van der Waals surface area (Å²) >= 11 is 5.87. The molecule has 3 aromatic rings. The van der Waals surface area contributed by atoms with Crippen LogP contribution in [0.2, 0.25) is 5.02 Å². The number of aromatic nitrogens is 3. The SMILES string of the molecule is O=C(CNC(=O)c1cccc(Cl)c1)Nc1cccc(-c2n[nH]c(C3CC3)n2)c1. The maximum atomic E-state index is 12.2. The van der Waals surface area contributed by atoms with E-state index in [1.54, 1.807) is 36.4 Å². The standard InChI is InChI=1S/C20H18ClN5O2/c21-15-5-1-4-14(9-15)20(28)22-11-17(27)23-16-6-2-3-13(10-16)19-24-18(25-26-19)12-7-8-12/h1-6,9-10,12H,7-8,11H2,(H,22,28)(H,23,27)(H,24,25,26). The zero-order chi connectivity index (χ0) is 19.5. The summed E-state index contributed by atoms with van der Waals surface area (Å²) in [5.41, 5.74) is 1.82. The Morgan fingerprint density at radius 1 is 1.14 bits per heavy atom. The molecule has 0 bridgehead atoms. The highest BCUT2D eigenvalue weighted by molar-refractivity contribution is 6.31. The fourth-order valence-corrected chi connectivity index (χ4v) is 2.97. The molecule has 1 saturated carbocycles. The van der Waals surface area contributed by atoms with Crippen molar-refractivity contribution in [3.05, 3.63) is 64.9 Å². The number of hydrogen-bond acceptors (Lipinski definition) is 4. The highest BCUT2D eigenvalue weighted by atomic mass is 35.5. The number of nitrogens with one attached hydrogen (secondary N) is 3. The van der Waals surface area contributed by atoms with Crippen molar-refractivity contribution < 1.29 is 9.59 Å². The first-order valence-corrected chi connectivity index (χ1v) is 9.32. The van der Waals surface area contributed by atoms with Gasteiger partial charge in [0.15, 0.2) is 5.82 Å². The van der Waals surface area contributed by atoms with Crippen molar-refractivity contribution in [3.8, 4) is 11.4 Å². The lowest BCUT2D eigenvalue weighted by atomic mass is 10.2. The van der Waals surface area contributed by atoms with Gasteiger partial charge in [0.05, 0.1) is 6.54 Å². The van der Waals surface area contributed by atoms with Gasteiger partial charge in [-0.2, -0.15) is 5.10 Å². The van der Waals surface area contributed by atoms with Gasteiger partial charge in [-0.15, -0.1) is 0 Å². The highest BCUT2D eigenvalue weighted by Crippen LogP contribution is 2.38. The van der Waals surface area contributed by atoms with Gasteiger partial charge >= 0.3 is 0 Å². The Hall–Kier alpha value is -3.19. The molecule has 28 heavy (non-hydrogen) atoms. The molecule has 1 aliphatic rings. The molecular formula is C20H18ClN5O2. The molecule has 4 rings (SSSR count). The molecule has 1 aliphatic carbocycles. The molecule has 2 aromatic carbocycles. The second-order valence-corrected chi connectivity index (χ2v) is 7.08. The monoisotopic (exact) mass is 395 g/mol. The molecule has 8 heteroatoms. The van der Waals surface area contributed by atoms with E-state index in [4.69, 9.17) is 11.6 Å². The summed E-state index contributed by atoms with van der Waals surface area (Å²) in [7, 11) is 0. The lowest BCUT2D eigenvalue weighted by molar-refractivity contribution is -0.115. The van der Waals surface area contributed by atoms with E-state index in [0.717, 1.165) is 24.2 Å². The van der Waals surface area contributed by atoms with Crippen LogP contribution in [0.15, 0.2) is 48.5 Å². The van der Waals surface area contributed by atoms with Crippen molar-refractivity contribution >= 4 is 29.1 Å². The van der Waals surface area contributed by atoms with Crippen LogP contribution in [0.25, 0.3) is 11.4 Å². The largest absolute Gasteiger partial charge is 0.343 e. The molecule has 2 amide bonds. The van der Waals surface area contributed by atoms with Gasteiger partial charge in [-0.25, -0.2) is 4.98 Å². The number of rotatable bonds is 6. The van der Waals surface area contributed by atoms with Gasteiger partial charge in [-0.1, -0.05) is 29.8 Å². The third-order valence-electron chi connectivity index (χ3n) is 4.37. The Balaban J connectivity index is 1.35. The van der Waals surface area contributed by atoms with Gasteiger partial charge in [0.1, 0.15) is 5.82 Å². The lowest BCUT2D eigenvalue weighted by Crippen LogP contribution is -2.32. The second-order valence-electron chi connectivity index (χ2n) is 6.64. The number of benzene rings is 2. The van der Waals surface area contributed by atoms with Crippen molar-refractivity contribution in [2.45, 2.75) is 18.8 Å². The summed E-state index contributed by atoms with van der Waals surface area (Å²) in [5.74, 6) is 1.31. The number of hydrogen-bond donors (Lipinski definition) is 3. The van der Waals surface area contributed by atoms with Crippen LogP contribution in [0.3, 0.4) is 0 Å². The molecule has 0 spiro atoms. The van der Waals surface area contributed by atoms with E-state index in [-0.39, 0.29) is 18.4 Å². The first-order valence-electron chi connectivity index (χ1n) is 8.95. The topological polar surface area (TPSA) is 99.8 Å². The molecule has 142 valence electrons.